The van der Waals surface area contributed by atoms with Crippen LogP contribution in [0.3, 0.4) is 0 Å². The number of halogens is 1. The fraction of sp³-hybridized carbons (Fsp3) is 0.750. The van der Waals surface area contributed by atoms with Gasteiger partial charge in [-0.15, -0.1) is 0 Å². The monoisotopic (exact) mass is 381 g/mol. The van der Waals surface area contributed by atoms with Crippen LogP contribution in [0.4, 0.5) is 0 Å². The second-order valence-corrected chi connectivity index (χ2v) is 8.55. The van der Waals surface area contributed by atoms with Gasteiger partial charge in [-0.1, -0.05) is 108 Å². The molecular formula is C24H44ClN. The molecule has 0 aliphatic heterocycles. The lowest BCUT2D eigenvalue weighted by atomic mass is 10.0. The highest BCUT2D eigenvalue weighted by atomic mass is 35.5. The van der Waals surface area contributed by atoms with Crippen molar-refractivity contribution < 1.29 is 16.9 Å². The molecule has 2 heteroatoms. The molecule has 0 amide bonds. The number of unbranched alkanes of at least 4 members (excludes halogenated alkanes) is 12. The van der Waals surface area contributed by atoms with Gasteiger partial charge in [-0.05, 0) is 12.8 Å². The quantitative estimate of drug-likeness (QED) is 0.295. The summed E-state index contributed by atoms with van der Waals surface area (Å²) in [5.41, 5.74) is 1.46. The predicted octanol–water partition coefficient (Wildman–Crippen LogP) is 4.36. The molecule has 26 heavy (non-hydrogen) atoms. The van der Waals surface area contributed by atoms with Crippen molar-refractivity contribution in [2.24, 2.45) is 0 Å². The van der Waals surface area contributed by atoms with Gasteiger partial charge in [0.2, 0.25) is 0 Å². The van der Waals surface area contributed by atoms with Gasteiger partial charge in [0.15, 0.2) is 0 Å². The van der Waals surface area contributed by atoms with E-state index in [0.29, 0.717) is 0 Å². The number of hydrogen-bond acceptors (Lipinski definition) is 0. The number of hydrogen-bond donors (Lipinski definition) is 0. The predicted molar refractivity (Wildman–Crippen MR) is 113 cm³/mol. The van der Waals surface area contributed by atoms with E-state index in [1.54, 1.807) is 0 Å². The first-order valence-electron chi connectivity index (χ1n) is 11.0. The fourth-order valence-corrected chi connectivity index (χ4v) is 3.71. The van der Waals surface area contributed by atoms with Crippen LogP contribution in [0.2, 0.25) is 0 Å². The summed E-state index contributed by atoms with van der Waals surface area (Å²) in [6.45, 7) is 4.75. The van der Waals surface area contributed by atoms with Crippen molar-refractivity contribution in [2.45, 2.75) is 96.9 Å². The molecule has 1 aromatic rings. The van der Waals surface area contributed by atoms with Gasteiger partial charge in [0.1, 0.15) is 6.54 Å². The van der Waals surface area contributed by atoms with Crippen LogP contribution in [-0.2, 0) is 6.54 Å². The molecule has 0 saturated heterocycles. The van der Waals surface area contributed by atoms with E-state index in [9.17, 15) is 0 Å². The van der Waals surface area contributed by atoms with E-state index in [-0.39, 0.29) is 12.4 Å². The van der Waals surface area contributed by atoms with Crippen LogP contribution >= 0.6 is 0 Å². The van der Waals surface area contributed by atoms with Crippen LogP contribution in [0, 0.1) is 0 Å². The molecule has 0 N–H and O–H groups in total. The van der Waals surface area contributed by atoms with Crippen LogP contribution in [0.25, 0.3) is 0 Å². The SMILES string of the molecule is CCCCCCCCCCCCCCC[N+](C)(C)Cc1ccccc1.[Cl-]. The highest BCUT2D eigenvalue weighted by molar-refractivity contribution is 5.13. The van der Waals surface area contributed by atoms with Gasteiger partial charge >= 0.3 is 0 Å². The molecule has 0 aliphatic rings. The summed E-state index contributed by atoms with van der Waals surface area (Å²) in [6.07, 6.45) is 18.7. The zero-order chi connectivity index (χ0) is 18.2. The van der Waals surface area contributed by atoms with Gasteiger partial charge in [-0.3, -0.25) is 0 Å². The summed E-state index contributed by atoms with van der Waals surface area (Å²) in [5, 5.41) is 0. The maximum Gasteiger partial charge on any atom is 0.104 e. The molecule has 0 aromatic heterocycles. The Hall–Kier alpha value is -0.530. The lowest BCUT2D eigenvalue weighted by Crippen LogP contribution is -3.00. The lowest BCUT2D eigenvalue weighted by Gasteiger charge is -2.30. The van der Waals surface area contributed by atoms with Crippen molar-refractivity contribution in [3.63, 3.8) is 0 Å². The Balaban J connectivity index is 0.00000625. The van der Waals surface area contributed by atoms with E-state index < -0.39 is 0 Å². The van der Waals surface area contributed by atoms with Gasteiger partial charge in [-0.25, -0.2) is 0 Å². The van der Waals surface area contributed by atoms with Gasteiger partial charge in [0.05, 0.1) is 20.6 Å². The molecule has 152 valence electrons. The summed E-state index contributed by atoms with van der Waals surface area (Å²) in [7, 11) is 4.74. The molecule has 0 atom stereocenters. The highest BCUT2D eigenvalue weighted by Crippen LogP contribution is 2.14. The van der Waals surface area contributed by atoms with Gasteiger partial charge in [0.25, 0.3) is 0 Å². The molecule has 0 saturated carbocycles. The van der Waals surface area contributed by atoms with Crippen molar-refractivity contribution in [2.75, 3.05) is 20.6 Å². The van der Waals surface area contributed by atoms with Crippen molar-refractivity contribution in [1.82, 2.24) is 0 Å². The standard InChI is InChI=1S/C24H44N.ClH/c1-4-5-6-7-8-9-10-11-12-13-14-15-19-22-25(2,3)23-24-20-17-16-18-21-24;/h16-18,20-21H,4-15,19,22-23H2,1-3H3;1H/q+1;/p-1. The molecule has 0 aliphatic carbocycles. The van der Waals surface area contributed by atoms with E-state index in [1.165, 1.54) is 95.6 Å². The lowest BCUT2D eigenvalue weighted by molar-refractivity contribution is -0.903. The molecule has 0 radical (unpaired) electrons. The summed E-state index contributed by atoms with van der Waals surface area (Å²) in [5.74, 6) is 0. The molecule has 0 spiro atoms. The first-order chi connectivity index (χ1) is 12.1. The van der Waals surface area contributed by atoms with E-state index >= 15 is 0 Å². The summed E-state index contributed by atoms with van der Waals surface area (Å²) >= 11 is 0. The van der Waals surface area contributed by atoms with Crippen LogP contribution in [0.15, 0.2) is 30.3 Å². The Labute approximate surface area is 170 Å². The third kappa shape index (κ3) is 14.6. The number of quaternary nitrogens is 1. The fourth-order valence-electron chi connectivity index (χ4n) is 3.71. The summed E-state index contributed by atoms with van der Waals surface area (Å²) in [6, 6.07) is 10.9. The number of benzene rings is 1. The second-order valence-electron chi connectivity index (χ2n) is 8.55. The van der Waals surface area contributed by atoms with Crippen molar-refractivity contribution in [1.29, 1.82) is 0 Å². The molecular weight excluding hydrogens is 338 g/mol. The Bertz CT molecular complexity index is 402. The third-order valence-corrected chi connectivity index (χ3v) is 5.32. The van der Waals surface area contributed by atoms with Crippen LogP contribution in [0.5, 0.6) is 0 Å². The highest BCUT2D eigenvalue weighted by Gasteiger charge is 2.14. The summed E-state index contributed by atoms with van der Waals surface area (Å²) < 4.78 is 1.11. The van der Waals surface area contributed by atoms with E-state index in [4.69, 9.17) is 0 Å². The molecule has 0 heterocycles. The van der Waals surface area contributed by atoms with Crippen LogP contribution in [-0.4, -0.2) is 25.1 Å². The molecule has 0 unspecified atom stereocenters. The molecule has 1 nitrogen and oxygen atoms in total. The van der Waals surface area contributed by atoms with Gasteiger partial charge < -0.3 is 16.9 Å². The first-order valence-corrected chi connectivity index (χ1v) is 11.0. The van der Waals surface area contributed by atoms with E-state index in [1.807, 2.05) is 0 Å². The molecule has 0 bridgehead atoms. The van der Waals surface area contributed by atoms with Crippen molar-refractivity contribution in [3.8, 4) is 0 Å². The largest absolute Gasteiger partial charge is 1.00 e. The van der Waals surface area contributed by atoms with Gasteiger partial charge in [0, 0.05) is 5.56 Å². The van der Waals surface area contributed by atoms with Crippen LogP contribution < -0.4 is 12.4 Å². The minimum Gasteiger partial charge on any atom is -1.00 e. The molecule has 1 aromatic carbocycles. The molecule has 0 fully saturated rings. The zero-order valence-electron chi connectivity index (χ0n) is 17.8. The normalized spacial score (nSPS) is 11.3. The zero-order valence-corrected chi connectivity index (χ0v) is 18.6. The Kier molecular flexibility index (Phi) is 16.3. The minimum absolute atomic E-state index is 0. The van der Waals surface area contributed by atoms with Crippen molar-refractivity contribution >= 4 is 0 Å². The van der Waals surface area contributed by atoms with Crippen LogP contribution in [0.1, 0.15) is 96.0 Å². The molecule has 1 rings (SSSR count). The maximum absolute atomic E-state index is 2.37. The average molecular weight is 382 g/mol. The topological polar surface area (TPSA) is 0 Å². The Morgan fingerprint density at radius 2 is 1.04 bits per heavy atom. The maximum atomic E-state index is 2.37. The summed E-state index contributed by atoms with van der Waals surface area (Å²) in [4.78, 5) is 0. The van der Waals surface area contributed by atoms with Crippen molar-refractivity contribution in [3.05, 3.63) is 35.9 Å². The Morgan fingerprint density at radius 1 is 0.615 bits per heavy atom. The van der Waals surface area contributed by atoms with Gasteiger partial charge in [-0.2, -0.15) is 0 Å². The number of rotatable bonds is 16. The number of nitrogens with zero attached hydrogens (tertiary/aromatic N) is 1. The second kappa shape index (κ2) is 16.6. The minimum atomic E-state index is 0. The third-order valence-electron chi connectivity index (χ3n) is 5.32. The van der Waals surface area contributed by atoms with E-state index in [0.717, 1.165) is 11.0 Å². The smallest absolute Gasteiger partial charge is 0.104 e. The Morgan fingerprint density at radius 3 is 1.50 bits per heavy atom. The van der Waals surface area contributed by atoms with E-state index in [2.05, 4.69) is 51.4 Å². The first kappa shape index (κ1) is 25.5. The average Bonchev–Trinajstić information content (AvgIpc) is 2.59.